The summed E-state index contributed by atoms with van der Waals surface area (Å²) in [6.45, 7) is 0. The van der Waals surface area contributed by atoms with Crippen molar-refractivity contribution in [2.45, 2.75) is 31.6 Å². The van der Waals surface area contributed by atoms with Gasteiger partial charge in [-0.25, -0.2) is 4.98 Å². The molecule has 3 aromatic rings. The van der Waals surface area contributed by atoms with E-state index in [0.717, 1.165) is 16.9 Å². The van der Waals surface area contributed by atoms with Crippen molar-refractivity contribution in [3.8, 4) is 0 Å². The molecule has 1 aromatic heterocycles. The van der Waals surface area contributed by atoms with Crippen molar-refractivity contribution in [2.24, 2.45) is 0 Å². The second-order valence-corrected chi connectivity index (χ2v) is 6.71. The molecular weight excluding hydrogens is 330 g/mol. The third-order valence-electron chi connectivity index (χ3n) is 4.79. The van der Waals surface area contributed by atoms with E-state index in [-0.39, 0.29) is 12.3 Å². The summed E-state index contributed by atoms with van der Waals surface area (Å²) in [5, 5.41) is 11.7. The van der Waals surface area contributed by atoms with Crippen LogP contribution in [0.4, 0.5) is 5.69 Å². The Hall–Kier alpha value is -3.15. The van der Waals surface area contributed by atoms with E-state index >= 15 is 0 Å². The van der Waals surface area contributed by atoms with Gasteiger partial charge in [0.05, 0.1) is 17.5 Å². The Morgan fingerprint density at radius 2 is 2.04 bits per heavy atom. The Morgan fingerprint density at radius 1 is 1.19 bits per heavy atom. The zero-order valence-electron chi connectivity index (χ0n) is 14.2. The third-order valence-corrected chi connectivity index (χ3v) is 4.79. The molecule has 0 unspecified atom stereocenters. The van der Waals surface area contributed by atoms with Gasteiger partial charge in [0.1, 0.15) is 5.82 Å². The van der Waals surface area contributed by atoms with Gasteiger partial charge in [-0.1, -0.05) is 18.6 Å². The second kappa shape index (κ2) is 6.63. The number of nitrogens with one attached hydrogen (secondary N) is 2. The molecule has 1 aliphatic rings. The van der Waals surface area contributed by atoms with Crippen molar-refractivity contribution < 1.29 is 14.7 Å². The van der Waals surface area contributed by atoms with Crippen LogP contribution in [-0.4, -0.2) is 27.0 Å². The Bertz CT molecular complexity index is 989. The number of aromatic amines is 1. The van der Waals surface area contributed by atoms with Crippen LogP contribution >= 0.6 is 0 Å². The van der Waals surface area contributed by atoms with Crippen molar-refractivity contribution in [1.29, 1.82) is 0 Å². The molecule has 1 aliphatic carbocycles. The molecule has 1 fully saturated rings. The number of hydrogen-bond donors (Lipinski definition) is 3. The quantitative estimate of drug-likeness (QED) is 0.654. The first kappa shape index (κ1) is 16.3. The summed E-state index contributed by atoms with van der Waals surface area (Å²) in [4.78, 5) is 31.3. The molecule has 6 nitrogen and oxygen atoms in total. The summed E-state index contributed by atoms with van der Waals surface area (Å²) in [5.74, 6) is 0.360. The van der Waals surface area contributed by atoms with Crippen LogP contribution in [0.2, 0.25) is 0 Å². The van der Waals surface area contributed by atoms with E-state index < -0.39 is 5.97 Å². The number of carbonyl (C=O) groups is 2. The predicted octanol–water partition coefficient (Wildman–Crippen LogP) is 3.71. The molecule has 0 aliphatic heterocycles. The topological polar surface area (TPSA) is 95.1 Å². The minimum Gasteiger partial charge on any atom is -0.481 e. The number of nitrogens with zero attached hydrogens (tertiary/aromatic N) is 1. The van der Waals surface area contributed by atoms with Crippen molar-refractivity contribution in [1.82, 2.24) is 9.97 Å². The van der Waals surface area contributed by atoms with Gasteiger partial charge < -0.3 is 15.4 Å². The van der Waals surface area contributed by atoms with Gasteiger partial charge in [-0.15, -0.1) is 0 Å². The fourth-order valence-corrected chi connectivity index (χ4v) is 3.18. The van der Waals surface area contributed by atoms with Gasteiger partial charge >= 0.3 is 5.97 Å². The van der Waals surface area contributed by atoms with E-state index in [9.17, 15) is 9.59 Å². The van der Waals surface area contributed by atoms with Gasteiger partial charge in [0.2, 0.25) is 0 Å². The number of aliphatic carboxylic acids is 1. The van der Waals surface area contributed by atoms with Crippen molar-refractivity contribution in [2.75, 3.05) is 5.32 Å². The number of H-pyrrole nitrogens is 1. The summed E-state index contributed by atoms with van der Waals surface area (Å²) >= 11 is 0. The van der Waals surface area contributed by atoms with Crippen LogP contribution in [0.1, 0.15) is 46.9 Å². The SMILES string of the molecule is O=C(O)Cc1cccc(C(=O)Nc2ccc3nc(C4CCC4)[nH]c3c2)c1. The number of fused-ring (bicyclic) bond motifs is 1. The summed E-state index contributed by atoms with van der Waals surface area (Å²) in [6.07, 6.45) is 3.50. The fourth-order valence-electron chi connectivity index (χ4n) is 3.18. The maximum Gasteiger partial charge on any atom is 0.307 e. The van der Waals surface area contributed by atoms with Crippen molar-refractivity contribution >= 4 is 28.6 Å². The zero-order valence-corrected chi connectivity index (χ0v) is 14.2. The molecule has 0 bridgehead atoms. The molecule has 1 saturated carbocycles. The van der Waals surface area contributed by atoms with E-state index in [2.05, 4.69) is 15.3 Å². The molecule has 0 saturated heterocycles. The van der Waals surface area contributed by atoms with Crippen molar-refractivity contribution in [3.63, 3.8) is 0 Å². The summed E-state index contributed by atoms with van der Waals surface area (Å²) in [5.41, 5.74) is 3.51. The highest BCUT2D eigenvalue weighted by atomic mass is 16.4. The smallest absolute Gasteiger partial charge is 0.307 e. The first-order valence-electron chi connectivity index (χ1n) is 8.70. The first-order valence-corrected chi connectivity index (χ1v) is 8.70. The number of carboxylic acid groups (broad SMARTS) is 1. The predicted molar refractivity (Wildman–Crippen MR) is 98.4 cm³/mol. The molecule has 26 heavy (non-hydrogen) atoms. The van der Waals surface area contributed by atoms with Gasteiger partial charge in [0, 0.05) is 17.2 Å². The molecule has 3 N–H and O–H groups in total. The molecule has 132 valence electrons. The Balaban J connectivity index is 1.52. The van der Waals surface area contributed by atoms with Gasteiger partial charge in [0.15, 0.2) is 0 Å². The molecule has 4 rings (SSSR count). The van der Waals surface area contributed by atoms with E-state index in [0.29, 0.717) is 22.7 Å². The molecule has 1 heterocycles. The van der Waals surface area contributed by atoms with Gasteiger partial charge in [-0.05, 0) is 48.7 Å². The van der Waals surface area contributed by atoms with E-state index in [1.54, 1.807) is 24.3 Å². The highest BCUT2D eigenvalue weighted by Crippen LogP contribution is 2.35. The number of imidazole rings is 1. The largest absolute Gasteiger partial charge is 0.481 e. The van der Waals surface area contributed by atoms with Crippen LogP contribution in [0.3, 0.4) is 0 Å². The molecule has 0 spiro atoms. The third kappa shape index (κ3) is 3.31. The average molecular weight is 349 g/mol. The van der Waals surface area contributed by atoms with Crippen LogP contribution in [-0.2, 0) is 11.2 Å². The number of aromatic nitrogens is 2. The lowest BCUT2D eigenvalue weighted by Gasteiger charge is -2.22. The molecule has 0 atom stereocenters. The highest BCUT2D eigenvalue weighted by Gasteiger charge is 2.22. The monoisotopic (exact) mass is 349 g/mol. The fraction of sp³-hybridized carbons (Fsp3) is 0.250. The average Bonchev–Trinajstić information content (AvgIpc) is 2.95. The normalized spacial score (nSPS) is 14.2. The van der Waals surface area contributed by atoms with Gasteiger partial charge in [-0.3, -0.25) is 9.59 Å². The minimum absolute atomic E-state index is 0.106. The van der Waals surface area contributed by atoms with E-state index in [4.69, 9.17) is 5.11 Å². The minimum atomic E-state index is -0.922. The molecule has 6 heteroatoms. The summed E-state index contributed by atoms with van der Waals surface area (Å²) in [6, 6.07) is 12.3. The van der Waals surface area contributed by atoms with Crippen LogP contribution in [0.25, 0.3) is 11.0 Å². The summed E-state index contributed by atoms with van der Waals surface area (Å²) < 4.78 is 0. The number of benzene rings is 2. The lowest BCUT2D eigenvalue weighted by molar-refractivity contribution is -0.136. The number of carbonyl (C=O) groups excluding carboxylic acids is 1. The highest BCUT2D eigenvalue weighted by molar-refractivity contribution is 6.05. The summed E-state index contributed by atoms with van der Waals surface area (Å²) in [7, 11) is 0. The lowest BCUT2D eigenvalue weighted by atomic mass is 9.85. The Kier molecular flexibility index (Phi) is 4.16. The van der Waals surface area contributed by atoms with Gasteiger partial charge in [0.25, 0.3) is 5.91 Å². The molecule has 0 radical (unpaired) electrons. The number of amides is 1. The molecular formula is C20H19N3O3. The zero-order chi connectivity index (χ0) is 18.1. The van der Waals surface area contributed by atoms with E-state index in [1.807, 2.05) is 18.2 Å². The molecule has 1 amide bonds. The number of carboxylic acids is 1. The number of anilines is 1. The maximum absolute atomic E-state index is 12.5. The standard InChI is InChI=1S/C20H19N3O3/c24-18(25)10-12-3-1-6-14(9-12)20(26)21-15-7-8-16-17(11-15)23-19(22-16)13-4-2-5-13/h1,3,6-9,11,13H,2,4-5,10H2,(H,21,26)(H,22,23)(H,24,25). The first-order chi connectivity index (χ1) is 12.6. The van der Waals surface area contributed by atoms with Crippen LogP contribution in [0.15, 0.2) is 42.5 Å². The number of hydrogen-bond acceptors (Lipinski definition) is 3. The number of rotatable bonds is 5. The lowest BCUT2D eigenvalue weighted by Crippen LogP contribution is -2.12. The molecule has 2 aromatic carbocycles. The Labute approximate surface area is 150 Å². The van der Waals surface area contributed by atoms with Crippen LogP contribution in [0.5, 0.6) is 0 Å². The maximum atomic E-state index is 12.5. The van der Waals surface area contributed by atoms with Gasteiger partial charge in [-0.2, -0.15) is 0 Å². The second-order valence-electron chi connectivity index (χ2n) is 6.71. The van der Waals surface area contributed by atoms with Crippen molar-refractivity contribution in [3.05, 3.63) is 59.4 Å². The van der Waals surface area contributed by atoms with Crippen LogP contribution in [0, 0.1) is 0 Å². The van der Waals surface area contributed by atoms with E-state index in [1.165, 1.54) is 19.3 Å². The van der Waals surface area contributed by atoms with Crippen LogP contribution < -0.4 is 5.32 Å². The Morgan fingerprint density at radius 3 is 2.77 bits per heavy atom.